The zero-order valence-corrected chi connectivity index (χ0v) is 12.4. The van der Waals surface area contributed by atoms with Crippen molar-refractivity contribution in [2.45, 2.75) is 13.5 Å². The van der Waals surface area contributed by atoms with Crippen LogP contribution < -0.4 is 5.32 Å². The molecule has 0 heterocycles. The van der Waals surface area contributed by atoms with Crippen molar-refractivity contribution in [1.82, 2.24) is 0 Å². The average Bonchev–Trinajstić information content (AvgIpc) is 2.44. The van der Waals surface area contributed by atoms with E-state index in [1.165, 1.54) is 12.1 Å². The van der Waals surface area contributed by atoms with Crippen LogP contribution in [0.25, 0.3) is 0 Å². The minimum atomic E-state index is -0.574. The van der Waals surface area contributed by atoms with Crippen molar-refractivity contribution < 1.29 is 13.9 Å². The van der Waals surface area contributed by atoms with Gasteiger partial charge in [0.05, 0.1) is 4.47 Å². The second-order valence-corrected chi connectivity index (χ2v) is 5.12. The molecule has 0 aromatic heterocycles. The summed E-state index contributed by atoms with van der Waals surface area (Å²) in [6.45, 7) is 1.90. The third kappa shape index (κ3) is 3.81. The molecule has 0 radical (unpaired) electrons. The maximum Gasteiger partial charge on any atom is 0.411 e. The van der Waals surface area contributed by atoms with Crippen LogP contribution in [-0.2, 0) is 11.3 Å². The van der Waals surface area contributed by atoms with Crippen LogP contribution in [0.2, 0.25) is 0 Å². The predicted molar refractivity (Wildman–Crippen MR) is 79.1 cm³/mol. The van der Waals surface area contributed by atoms with Crippen LogP contribution in [0, 0.1) is 12.7 Å². The van der Waals surface area contributed by atoms with Crippen LogP contribution in [0.15, 0.2) is 46.9 Å². The first-order chi connectivity index (χ1) is 9.56. The van der Waals surface area contributed by atoms with E-state index in [4.69, 9.17) is 4.74 Å². The summed E-state index contributed by atoms with van der Waals surface area (Å²) in [4.78, 5) is 11.7. The third-order valence-corrected chi connectivity index (χ3v) is 3.32. The first-order valence-corrected chi connectivity index (χ1v) is 6.79. The Balaban J connectivity index is 1.97. The van der Waals surface area contributed by atoms with E-state index in [9.17, 15) is 9.18 Å². The van der Waals surface area contributed by atoms with Gasteiger partial charge in [0.25, 0.3) is 0 Å². The van der Waals surface area contributed by atoms with E-state index in [2.05, 4.69) is 21.2 Å². The van der Waals surface area contributed by atoms with E-state index >= 15 is 0 Å². The van der Waals surface area contributed by atoms with Gasteiger partial charge >= 0.3 is 6.09 Å². The average molecular weight is 338 g/mol. The quantitative estimate of drug-likeness (QED) is 0.885. The Morgan fingerprint density at radius 3 is 2.70 bits per heavy atom. The number of ether oxygens (including phenoxy) is 1. The normalized spacial score (nSPS) is 10.2. The lowest BCUT2D eigenvalue weighted by Crippen LogP contribution is -2.14. The molecule has 2 aromatic carbocycles. The largest absolute Gasteiger partial charge is 0.444 e. The molecule has 0 unspecified atom stereocenters. The van der Waals surface area contributed by atoms with Crippen molar-refractivity contribution in [3.63, 3.8) is 0 Å². The maximum atomic E-state index is 13.3. The molecule has 0 aliphatic heterocycles. The van der Waals surface area contributed by atoms with Gasteiger partial charge in [-0.25, -0.2) is 9.18 Å². The van der Waals surface area contributed by atoms with Gasteiger partial charge in [0.15, 0.2) is 0 Å². The van der Waals surface area contributed by atoms with E-state index in [-0.39, 0.29) is 12.4 Å². The number of anilines is 1. The van der Waals surface area contributed by atoms with Crippen LogP contribution in [0.3, 0.4) is 0 Å². The Hall–Kier alpha value is -1.88. The molecule has 104 valence electrons. The summed E-state index contributed by atoms with van der Waals surface area (Å²) in [5.41, 5.74) is 2.04. The van der Waals surface area contributed by atoms with Crippen LogP contribution in [-0.4, -0.2) is 6.09 Å². The Labute approximate surface area is 124 Å². The lowest BCUT2D eigenvalue weighted by atomic mass is 10.2. The van der Waals surface area contributed by atoms with Gasteiger partial charge in [-0.3, -0.25) is 5.32 Å². The molecule has 0 bridgehead atoms. The smallest absolute Gasteiger partial charge is 0.411 e. The molecule has 1 amide bonds. The van der Waals surface area contributed by atoms with Gasteiger partial charge < -0.3 is 4.74 Å². The number of amides is 1. The van der Waals surface area contributed by atoms with Gasteiger partial charge in [0.1, 0.15) is 12.4 Å². The number of aryl methyl sites for hydroxylation is 1. The summed E-state index contributed by atoms with van der Waals surface area (Å²) >= 11 is 3.08. The Morgan fingerprint density at radius 1 is 1.30 bits per heavy atom. The molecule has 1 N–H and O–H groups in total. The molecule has 2 aromatic rings. The summed E-state index contributed by atoms with van der Waals surface area (Å²) in [5, 5.41) is 2.59. The number of hydrogen-bond donors (Lipinski definition) is 1. The van der Waals surface area contributed by atoms with Crippen molar-refractivity contribution in [2.24, 2.45) is 0 Å². The number of hydrogen-bond acceptors (Lipinski definition) is 2. The van der Waals surface area contributed by atoms with Gasteiger partial charge in [-0.15, -0.1) is 0 Å². The number of benzene rings is 2. The highest BCUT2D eigenvalue weighted by molar-refractivity contribution is 9.10. The predicted octanol–water partition coefficient (Wildman–Crippen LogP) is 4.65. The molecule has 0 saturated heterocycles. The number of carbonyl (C=O) groups excluding carboxylic acids is 1. The van der Waals surface area contributed by atoms with Crippen LogP contribution in [0.5, 0.6) is 0 Å². The standard InChI is InChI=1S/C15H13BrFNO2/c1-10-7-13(17)12(16)8-14(10)18-15(19)20-9-11-5-3-2-4-6-11/h2-8H,9H2,1H3,(H,18,19). The Bertz CT molecular complexity index is 617. The topological polar surface area (TPSA) is 38.3 Å². The van der Waals surface area contributed by atoms with Crippen LogP contribution >= 0.6 is 15.9 Å². The van der Waals surface area contributed by atoms with Crippen molar-refractivity contribution in [3.8, 4) is 0 Å². The van der Waals surface area contributed by atoms with Crippen molar-refractivity contribution >= 4 is 27.7 Å². The second kappa shape index (κ2) is 6.52. The van der Waals surface area contributed by atoms with E-state index in [1.54, 1.807) is 6.92 Å². The molecule has 0 aliphatic carbocycles. The highest BCUT2D eigenvalue weighted by Crippen LogP contribution is 2.24. The van der Waals surface area contributed by atoms with Gasteiger partial charge in [-0.05, 0) is 46.1 Å². The minimum absolute atomic E-state index is 0.189. The summed E-state index contributed by atoms with van der Waals surface area (Å²) < 4.78 is 18.7. The van der Waals surface area contributed by atoms with E-state index in [0.29, 0.717) is 15.7 Å². The second-order valence-electron chi connectivity index (χ2n) is 4.27. The van der Waals surface area contributed by atoms with E-state index in [0.717, 1.165) is 5.56 Å². The molecule has 0 spiro atoms. The van der Waals surface area contributed by atoms with Crippen molar-refractivity contribution in [2.75, 3.05) is 5.32 Å². The minimum Gasteiger partial charge on any atom is -0.444 e. The van der Waals surface area contributed by atoms with Gasteiger partial charge in [0, 0.05) is 5.69 Å². The SMILES string of the molecule is Cc1cc(F)c(Br)cc1NC(=O)OCc1ccccc1. The molecule has 2 rings (SSSR count). The van der Waals surface area contributed by atoms with E-state index < -0.39 is 6.09 Å². The summed E-state index contributed by atoms with van der Waals surface area (Å²) in [5.74, 6) is -0.370. The highest BCUT2D eigenvalue weighted by atomic mass is 79.9. The van der Waals surface area contributed by atoms with Crippen LogP contribution in [0.1, 0.15) is 11.1 Å². The first kappa shape index (κ1) is 14.5. The molecular weight excluding hydrogens is 325 g/mol. The summed E-state index contributed by atoms with van der Waals surface area (Å²) in [7, 11) is 0. The Morgan fingerprint density at radius 2 is 2.00 bits per heavy atom. The molecular formula is C15H13BrFNO2. The summed E-state index contributed by atoms with van der Waals surface area (Å²) in [6.07, 6.45) is -0.574. The fourth-order valence-electron chi connectivity index (χ4n) is 1.65. The van der Waals surface area contributed by atoms with Gasteiger partial charge in [0.2, 0.25) is 0 Å². The van der Waals surface area contributed by atoms with Crippen molar-refractivity contribution in [1.29, 1.82) is 0 Å². The van der Waals surface area contributed by atoms with E-state index in [1.807, 2.05) is 30.3 Å². The molecule has 5 heteroatoms. The van der Waals surface area contributed by atoms with Gasteiger partial charge in [-0.2, -0.15) is 0 Å². The fraction of sp³-hybridized carbons (Fsp3) is 0.133. The first-order valence-electron chi connectivity index (χ1n) is 5.99. The molecule has 3 nitrogen and oxygen atoms in total. The molecule has 0 atom stereocenters. The fourth-order valence-corrected chi connectivity index (χ4v) is 1.99. The van der Waals surface area contributed by atoms with Gasteiger partial charge in [-0.1, -0.05) is 30.3 Å². The number of halogens is 2. The molecule has 20 heavy (non-hydrogen) atoms. The number of carbonyl (C=O) groups is 1. The van der Waals surface area contributed by atoms with Crippen LogP contribution in [0.4, 0.5) is 14.9 Å². The molecule has 0 saturated carbocycles. The lowest BCUT2D eigenvalue weighted by molar-refractivity contribution is 0.155. The number of nitrogens with one attached hydrogen (secondary N) is 1. The lowest BCUT2D eigenvalue weighted by Gasteiger charge is -2.10. The molecule has 0 fully saturated rings. The van der Waals surface area contributed by atoms with Crippen molar-refractivity contribution in [3.05, 3.63) is 63.9 Å². The molecule has 0 aliphatic rings. The Kier molecular flexibility index (Phi) is 4.74. The third-order valence-electron chi connectivity index (χ3n) is 2.72. The highest BCUT2D eigenvalue weighted by Gasteiger charge is 2.09. The monoisotopic (exact) mass is 337 g/mol. The zero-order valence-electron chi connectivity index (χ0n) is 10.8. The summed E-state index contributed by atoms with van der Waals surface area (Å²) in [6, 6.07) is 12.2. The number of rotatable bonds is 3. The maximum absolute atomic E-state index is 13.3. The zero-order chi connectivity index (χ0) is 14.5.